The van der Waals surface area contributed by atoms with Crippen molar-refractivity contribution in [3.63, 3.8) is 0 Å². The smallest absolute Gasteiger partial charge is 0.408 e. The zero-order valence-electron chi connectivity index (χ0n) is 20.5. The van der Waals surface area contributed by atoms with E-state index >= 15 is 0 Å². The van der Waals surface area contributed by atoms with E-state index in [0.29, 0.717) is 47.9 Å². The van der Waals surface area contributed by atoms with E-state index in [1.165, 1.54) is 7.11 Å². The molecule has 0 aliphatic heterocycles. The van der Waals surface area contributed by atoms with E-state index in [9.17, 15) is 9.59 Å². The van der Waals surface area contributed by atoms with Gasteiger partial charge in [-0.15, -0.1) is 0 Å². The Bertz CT molecular complexity index is 1170. The maximum Gasteiger partial charge on any atom is 0.408 e. The number of carbonyl (C=O) groups excluding carboxylic acids is 2. The van der Waals surface area contributed by atoms with Gasteiger partial charge in [0.05, 0.1) is 13.7 Å². The number of oxazole rings is 3. The first-order chi connectivity index (χ1) is 16.1. The van der Waals surface area contributed by atoms with Crippen molar-refractivity contribution in [2.45, 2.75) is 73.0 Å². The number of amides is 1. The van der Waals surface area contributed by atoms with E-state index in [2.05, 4.69) is 20.3 Å². The molecule has 184 valence electrons. The average Bonchev–Trinajstić information content (AvgIpc) is 3.51. The first-order valence-corrected chi connectivity index (χ1v) is 11.1. The number of nitrogens with one attached hydrogen (secondary N) is 1. The number of aromatic nitrogens is 3. The summed E-state index contributed by atoms with van der Waals surface area (Å²) in [5.41, 5.74) is 0.287. The molecule has 0 saturated carbocycles. The van der Waals surface area contributed by atoms with Crippen molar-refractivity contribution in [3.05, 3.63) is 28.9 Å². The number of ether oxygens (including phenoxy) is 2. The highest BCUT2D eigenvalue weighted by molar-refractivity contribution is 5.88. The predicted octanol–water partition coefficient (Wildman–Crippen LogP) is 4.48. The van der Waals surface area contributed by atoms with Crippen LogP contribution in [0.3, 0.4) is 0 Å². The lowest BCUT2D eigenvalue weighted by Gasteiger charge is -2.19. The number of methoxy groups -OCH3 is 1. The van der Waals surface area contributed by atoms with Crippen molar-refractivity contribution in [1.29, 1.82) is 0 Å². The zero-order valence-corrected chi connectivity index (χ0v) is 20.5. The lowest BCUT2D eigenvalue weighted by atomic mass is 10.2. The summed E-state index contributed by atoms with van der Waals surface area (Å²) >= 11 is 0. The summed E-state index contributed by atoms with van der Waals surface area (Å²) in [5.74, 6) is 1.57. The highest BCUT2D eigenvalue weighted by Gasteiger charge is 2.27. The van der Waals surface area contributed by atoms with Gasteiger partial charge in [0.25, 0.3) is 0 Å². The highest BCUT2D eigenvalue weighted by Crippen LogP contribution is 2.32. The Labute approximate surface area is 197 Å². The summed E-state index contributed by atoms with van der Waals surface area (Å²) in [6.45, 7) is 11.0. The maximum absolute atomic E-state index is 12.0. The van der Waals surface area contributed by atoms with Crippen LogP contribution in [0.2, 0.25) is 0 Å². The molecule has 0 radical (unpaired) electrons. The van der Waals surface area contributed by atoms with Crippen LogP contribution in [0.15, 0.2) is 13.3 Å². The van der Waals surface area contributed by atoms with Crippen LogP contribution in [0.25, 0.3) is 23.2 Å². The van der Waals surface area contributed by atoms with Crippen LogP contribution in [0.5, 0.6) is 0 Å². The molecule has 0 saturated heterocycles. The molecule has 11 heteroatoms. The number of alkyl carbamates (subject to hydrolysis) is 1. The lowest BCUT2D eigenvalue weighted by molar-refractivity contribution is 0.0517. The quantitative estimate of drug-likeness (QED) is 0.464. The van der Waals surface area contributed by atoms with Crippen LogP contribution >= 0.6 is 0 Å². The van der Waals surface area contributed by atoms with Crippen LogP contribution in [0.4, 0.5) is 4.79 Å². The number of nitrogens with zero attached hydrogens (tertiary/aromatic N) is 3. The molecule has 11 nitrogen and oxygen atoms in total. The van der Waals surface area contributed by atoms with Gasteiger partial charge in [-0.2, -0.15) is 0 Å². The first-order valence-electron chi connectivity index (χ1n) is 11.1. The lowest BCUT2D eigenvalue weighted by Crippen LogP contribution is -2.32. The molecule has 0 bridgehead atoms. The number of hydrogen-bond donors (Lipinski definition) is 1. The van der Waals surface area contributed by atoms with Crippen molar-refractivity contribution in [2.24, 2.45) is 0 Å². The molecular formula is C23H30N4O7. The average molecular weight is 475 g/mol. The first kappa shape index (κ1) is 25.0. The van der Waals surface area contributed by atoms with Crippen LogP contribution in [-0.4, -0.2) is 39.7 Å². The Morgan fingerprint density at radius 1 is 0.853 bits per heavy atom. The van der Waals surface area contributed by atoms with Crippen LogP contribution in [0, 0.1) is 0 Å². The molecule has 0 atom stereocenters. The summed E-state index contributed by atoms with van der Waals surface area (Å²) in [4.78, 5) is 37.3. The van der Waals surface area contributed by atoms with Crippen LogP contribution < -0.4 is 5.32 Å². The molecule has 0 unspecified atom stereocenters. The fraction of sp³-hybridized carbons (Fsp3) is 0.522. The van der Waals surface area contributed by atoms with Crippen molar-refractivity contribution in [3.8, 4) is 23.2 Å². The molecule has 0 aromatic carbocycles. The van der Waals surface area contributed by atoms with Gasteiger partial charge in [-0.05, 0) is 20.8 Å². The third-order valence-electron chi connectivity index (χ3n) is 4.67. The SMILES string of the molecule is CCc1oc(-c2nc(-c3nc(CNC(=O)OC(C)(C)C)oc3CC)oc2CC)nc1C(=O)OC. The van der Waals surface area contributed by atoms with E-state index in [-0.39, 0.29) is 29.9 Å². The third-order valence-corrected chi connectivity index (χ3v) is 4.67. The topological polar surface area (TPSA) is 143 Å². The normalized spacial score (nSPS) is 11.5. The van der Waals surface area contributed by atoms with Gasteiger partial charge in [-0.1, -0.05) is 20.8 Å². The Morgan fingerprint density at radius 2 is 1.41 bits per heavy atom. The van der Waals surface area contributed by atoms with Crippen LogP contribution in [-0.2, 0) is 35.3 Å². The van der Waals surface area contributed by atoms with Crippen molar-refractivity contribution in [2.75, 3.05) is 7.11 Å². The molecule has 1 N–H and O–H groups in total. The Hall–Kier alpha value is -3.63. The Balaban J connectivity index is 1.91. The minimum Gasteiger partial charge on any atom is -0.464 e. The zero-order chi connectivity index (χ0) is 25.0. The molecule has 3 heterocycles. The number of aryl methyl sites for hydroxylation is 3. The van der Waals surface area contributed by atoms with Crippen LogP contribution in [0.1, 0.15) is 75.2 Å². The molecule has 0 aliphatic carbocycles. The molecule has 1 amide bonds. The predicted molar refractivity (Wildman–Crippen MR) is 120 cm³/mol. The number of rotatable bonds is 8. The van der Waals surface area contributed by atoms with Gasteiger partial charge in [-0.3, -0.25) is 0 Å². The summed E-state index contributed by atoms with van der Waals surface area (Å²) in [5, 5.41) is 2.62. The minimum absolute atomic E-state index is 0.0399. The summed E-state index contributed by atoms with van der Waals surface area (Å²) in [6, 6.07) is 0. The molecule has 0 aliphatic rings. The number of esters is 1. The Kier molecular flexibility index (Phi) is 7.43. The van der Waals surface area contributed by atoms with E-state index in [4.69, 9.17) is 22.7 Å². The van der Waals surface area contributed by atoms with Gasteiger partial charge in [-0.25, -0.2) is 24.5 Å². The second-order valence-electron chi connectivity index (χ2n) is 8.37. The van der Waals surface area contributed by atoms with E-state index in [1.54, 1.807) is 20.8 Å². The summed E-state index contributed by atoms with van der Waals surface area (Å²) in [6.07, 6.45) is 0.917. The molecule has 0 fully saturated rings. The van der Waals surface area contributed by atoms with Gasteiger partial charge in [0.15, 0.2) is 17.1 Å². The summed E-state index contributed by atoms with van der Waals surface area (Å²) < 4.78 is 27.6. The number of hydrogen-bond acceptors (Lipinski definition) is 10. The fourth-order valence-corrected chi connectivity index (χ4v) is 3.15. The van der Waals surface area contributed by atoms with Gasteiger partial charge in [0.1, 0.15) is 22.9 Å². The van der Waals surface area contributed by atoms with Gasteiger partial charge < -0.3 is 28.0 Å². The second-order valence-corrected chi connectivity index (χ2v) is 8.37. The largest absolute Gasteiger partial charge is 0.464 e. The number of carbonyl (C=O) groups is 2. The molecule has 3 aromatic heterocycles. The van der Waals surface area contributed by atoms with E-state index in [1.807, 2.05) is 20.8 Å². The molecule has 3 aromatic rings. The Morgan fingerprint density at radius 3 is 2.00 bits per heavy atom. The monoisotopic (exact) mass is 474 g/mol. The van der Waals surface area contributed by atoms with E-state index in [0.717, 1.165) is 0 Å². The van der Waals surface area contributed by atoms with Crippen molar-refractivity contribution in [1.82, 2.24) is 20.3 Å². The van der Waals surface area contributed by atoms with Crippen molar-refractivity contribution < 1.29 is 32.3 Å². The van der Waals surface area contributed by atoms with Gasteiger partial charge in [0.2, 0.25) is 17.7 Å². The standard InChI is InChI=1S/C23H30N4O7/c1-8-12-16(25-15(31-12)11-24-22(29)34-23(4,5)6)19-26-17(13(9-2)32-19)20-27-18(21(28)30-7)14(10-3)33-20/h8-11H2,1-7H3,(H,24,29). The summed E-state index contributed by atoms with van der Waals surface area (Å²) in [7, 11) is 1.29. The van der Waals surface area contributed by atoms with E-state index < -0.39 is 17.7 Å². The second kappa shape index (κ2) is 10.1. The molecule has 34 heavy (non-hydrogen) atoms. The third kappa shape index (κ3) is 5.46. The van der Waals surface area contributed by atoms with Crippen molar-refractivity contribution >= 4 is 12.1 Å². The molecule has 0 spiro atoms. The molecule has 3 rings (SSSR count). The fourth-order valence-electron chi connectivity index (χ4n) is 3.15. The minimum atomic E-state index is -0.614. The maximum atomic E-state index is 12.0. The van der Waals surface area contributed by atoms with Gasteiger partial charge >= 0.3 is 12.1 Å². The molecular weight excluding hydrogens is 444 g/mol. The highest BCUT2D eigenvalue weighted by atomic mass is 16.6. The van der Waals surface area contributed by atoms with Gasteiger partial charge in [0, 0.05) is 19.3 Å².